The quantitative estimate of drug-likeness (QED) is 0.641. The molecule has 0 radical (unpaired) electrons. The van der Waals surface area contributed by atoms with Crippen molar-refractivity contribution in [3.8, 4) is 0 Å². The van der Waals surface area contributed by atoms with Crippen LogP contribution in [0.3, 0.4) is 0 Å². The monoisotopic (exact) mass is 322 g/mol. The van der Waals surface area contributed by atoms with Crippen LogP contribution in [-0.4, -0.2) is 27.3 Å². The standard InChI is InChI=1S/C14H15ClN4OS/c1-9(2)12-13(20)19(14(21-3)18-17-12)16-8-10-4-6-11(15)7-5-10/h4-9H,1-3H3. The highest BCUT2D eigenvalue weighted by atomic mass is 35.5. The largest absolute Gasteiger partial charge is 0.297 e. The summed E-state index contributed by atoms with van der Waals surface area (Å²) in [6.07, 6.45) is 3.43. The molecule has 0 bridgehead atoms. The Hall–Kier alpha value is -1.66. The summed E-state index contributed by atoms with van der Waals surface area (Å²) in [7, 11) is 0. The lowest BCUT2D eigenvalue weighted by Gasteiger charge is -2.07. The second-order valence-electron chi connectivity index (χ2n) is 4.64. The van der Waals surface area contributed by atoms with Gasteiger partial charge in [-0.25, -0.2) is 0 Å². The molecule has 5 nitrogen and oxygen atoms in total. The molecular formula is C14H15ClN4OS. The molecule has 1 aromatic heterocycles. The maximum atomic E-state index is 12.4. The fraction of sp³-hybridized carbons (Fsp3) is 0.286. The molecule has 0 N–H and O–H groups in total. The van der Waals surface area contributed by atoms with E-state index in [1.165, 1.54) is 16.4 Å². The van der Waals surface area contributed by atoms with Crippen LogP contribution in [0.25, 0.3) is 0 Å². The Kier molecular flexibility index (Phi) is 5.14. The van der Waals surface area contributed by atoms with E-state index >= 15 is 0 Å². The van der Waals surface area contributed by atoms with Gasteiger partial charge in [-0.05, 0) is 24.0 Å². The lowest BCUT2D eigenvalue weighted by Crippen LogP contribution is -2.26. The number of rotatable bonds is 4. The Bertz CT molecular complexity index is 710. The van der Waals surface area contributed by atoms with E-state index in [4.69, 9.17) is 11.6 Å². The molecule has 21 heavy (non-hydrogen) atoms. The molecular weight excluding hydrogens is 308 g/mol. The lowest BCUT2D eigenvalue weighted by atomic mass is 10.1. The fourth-order valence-corrected chi connectivity index (χ4v) is 2.19. The van der Waals surface area contributed by atoms with Gasteiger partial charge in [-0.15, -0.1) is 10.2 Å². The van der Waals surface area contributed by atoms with Gasteiger partial charge in [0.2, 0.25) is 5.16 Å². The molecule has 1 aromatic carbocycles. The first-order valence-corrected chi connectivity index (χ1v) is 7.96. The second-order valence-corrected chi connectivity index (χ2v) is 5.85. The summed E-state index contributed by atoms with van der Waals surface area (Å²) in [5, 5.41) is 13.4. The highest BCUT2D eigenvalue weighted by molar-refractivity contribution is 7.98. The molecule has 0 saturated carbocycles. The molecule has 2 rings (SSSR count). The summed E-state index contributed by atoms with van der Waals surface area (Å²) in [4.78, 5) is 12.4. The van der Waals surface area contributed by atoms with Crippen molar-refractivity contribution >= 4 is 29.6 Å². The Morgan fingerprint density at radius 1 is 1.29 bits per heavy atom. The first kappa shape index (κ1) is 15.7. The summed E-state index contributed by atoms with van der Waals surface area (Å²) in [6.45, 7) is 3.80. The van der Waals surface area contributed by atoms with Crippen molar-refractivity contribution in [3.63, 3.8) is 0 Å². The van der Waals surface area contributed by atoms with Crippen LogP contribution < -0.4 is 5.56 Å². The SMILES string of the molecule is CSc1nnc(C(C)C)c(=O)n1N=Cc1ccc(Cl)cc1. The number of nitrogens with zero attached hydrogens (tertiary/aromatic N) is 4. The predicted molar refractivity (Wildman–Crippen MR) is 86.6 cm³/mol. The summed E-state index contributed by atoms with van der Waals surface area (Å²) < 4.78 is 1.28. The van der Waals surface area contributed by atoms with Crippen LogP contribution in [0.4, 0.5) is 0 Å². The van der Waals surface area contributed by atoms with E-state index in [9.17, 15) is 4.79 Å². The third-order valence-corrected chi connectivity index (χ3v) is 3.63. The topological polar surface area (TPSA) is 60.1 Å². The zero-order chi connectivity index (χ0) is 15.4. The van der Waals surface area contributed by atoms with Gasteiger partial charge in [0.05, 0.1) is 6.21 Å². The molecule has 0 spiro atoms. The van der Waals surface area contributed by atoms with Gasteiger partial charge in [0.15, 0.2) is 0 Å². The molecule has 2 aromatic rings. The van der Waals surface area contributed by atoms with Crippen LogP contribution in [0.5, 0.6) is 0 Å². The number of hydrogen-bond donors (Lipinski definition) is 0. The van der Waals surface area contributed by atoms with Crippen LogP contribution in [0.15, 0.2) is 39.3 Å². The van der Waals surface area contributed by atoms with E-state index in [0.29, 0.717) is 15.9 Å². The summed E-state index contributed by atoms with van der Waals surface area (Å²) in [6, 6.07) is 7.19. The molecule has 110 valence electrons. The molecule has 0 fully saturated rings. The molecule has 0 aliphatic rings. The number of aromatic nitrogens is 3. The normalized spacial score (nSPS) is 11.5. The van der Waals surface area contributed by atoms with Crippen molar-refractivity contribution < 1.29 is 0 Å². The number of benzene rings is 1. The van der Waals surface area contributed by atoms with Crippen LogP contribution in [0, 0.1) is 0 Å². The van der Waals surface area contributed by atoms with E-state index in [1.54, 1.807) is 18.3 Å². The molecule has 1 heterocycles. The Balaban J connectivity index is 2.44. The first-order valence-electron chi connectivity index (χ1n) is 6.36. The highest BCUT2D eigenvalue weighted by Crippen LogP contribution is 2.12. The Morgan fingerprint density at radius 2 is 1.95 bits per heavy atom. The molecule has 0 amide bonds. The van der Waals surface area contributed by atoms with E-state index in [0.717, 1.165) is 5.56 Å². The molecule has 0 unspecified atom stereocenters. The van der Waals surface area contributed by atoms with Crippen molar-refractivity contribution in [2.75, 3.05) is 6.26 Å². The minimum atomic E-state index is -0.241. The number of halogens is 1. The van der Waals surface area contributed by atoms with Crippen LogP contribution in [0.2, 0.25) is 5.02 Å². The van der Waals surface area contributed by atoms with Gasteiger partial charge in [0, 0.05) is 10.9 Å². The maximum absolute atomic E-state index is 12.4. The van der Waals surface area contributed by atoms with Crippen molar-refractivity contribution in [2.45, 2.75) is 24.9 Å². The van der Waals surface area contributed by atoms with Crippen molar-refractivity contribution in [2.24, 2.45) is 5.10 Å². The molecule has 7 heteroatoms. The van der Waals surface area contributed by atoms with Gasteiger partial charge in [-0.1, -0.05) is 49.3 Å². The van der Waals surface area contributed by atoms with E-state index in [1.807, 2.05) is 32.2 Å². The minimum absolute atomic E-state index is 0.00196. The fourth-order valence-electron chi connectivity index (χ4n) is 1.64. The number of hydrogen-bond acceptors (Lipinski definition) is 5. The number of thioether (sulfide) groups is 1. The van der Waals surface area contributed by atoms with Crippen LogP contribution >= 0.6 is 23.4 Å². The minimum Gasteiger partial charge on any atom is -0.265 e. The van der Waals surface area contributed by atoms with Gasteiger partial charge < -0.3 is 0 Å². The van der Waals surface area contributed by atoms with Crippen LogP contribution in [0.1, 0.15) is 31.0 Å². The van der Waals surface area contributed by atoms with E-state index < -0.39 is 0 Å². The zero-order valence-corrected chi connectivity index (χ0v) is 13.5. The zero-order valence-electron chi connectivity index (χ0n) is 11.9. The third kappa shape index (κ3) is 3.71. The lowest BCUT2D eigenvalue weighted by molar-refractivity contribution is 0.605. The van der Waals surface area contributed by atoms with E-state index in [-0.39, 0.29) is 11.5 Å². The van der Waals surface area contributed by atoms with Gasteiger partial charge in [0.1, 0.15) is 5.69 Å². The summed E-state index contributed by atoms with van der Waals surface area (Å²) >= 11 is 7.16. The van der Waals surface area contributed by atoms with Gasteiger partial charge in [-0.2, -0.15) is 9.78 Å². The van der Waals surface area contributed by atoms with Gasteiger partial charge in [0.25, 0.3) is 5.56 Å². The molecule has 0 aliphatic heterocycles. The summed E-state index contributed by atoms with van der Waals surface area (Å²) in [5.74, 6) is -0.00196. The molecule has 0 atom stereocenters. The van der Waals surface area contributed by atoms with Crippen molar-refractivity contribution in [1.29, 1.82) is 0 Å². The predicted octanol–water partition coefficient (Wildman–Crippen LogP) is 3.02. The second kappa shape index (κ2) is 6.87. The Labute approximate surface area is 132 Å². The van der Waals surface area contributed by atoms with Crippen molar-refractivity contribution in [3.05, 3.63) is 50.9 Å². The first-order chi connectivity index (χ1) is 10.0. The van der Waals surface area contributed by atoms with Crippen LogP contribution in [-0.2, 0) is 0 Å². The smallest absolute Gasteiger partial charge is 0.265 e. The van der Waals surface area contributed by atoms with Crippen molar-refractivity contribution in [1.82, 2.24) is 14.9 Å². The molecule has 0 aliphatic carbocycles. The Morgan fingerprint density at radius 3 is 2.52 bits per heavy atom. The average molecular weight is 323 g/mol. The maximum Gasteiger partial charge on any atom is 0.297 e. The average Bonchev–Trinajstić information content (AvgIpc) is 2.47. The molecule has 0 saturated heterocycles. The third-order valence-electron chi connectivity index (χ3n) is 2.76. The highest BCUT2D eigenvalue weighted by Gasteiger charge is 2.13. The van der Waals surface area contributed by atoms with Gasteiger partial charge >= 0.3 is 0 Å². The summed E-state index contributed by atoms with van der Waals surface area (Å²) in [5.41, 5.74) is 1.01. The van der Waals surface area contributed by atoms with E-state index in [2.05, 4.69) is 15.3 Å². The van der Waals surface area contributed by atoms with Gasteiger partial charge in [-0.3, -0.25) is 4.79 Å².